The van der Waals surface area contributed by atoms with E-state index in [1.807, 2.05) is 56.3 Å². The number of benzene rings is 1. The number of carbonyl (C=O) groups excluding carboxylic acids is 1. The highest BCUT2D eigenvalue weighted by atomic mass is 16.1. The summed E-state index contributed by atoms with van der Waals surface area (Å²) in [6, 6.07) is 15.1. The first-order valence-corrected chi connectivity index (χ1v) is 6.75. The standard InChI is InChI=1S/C17H15N3O/c1-11-5-3-8-15(18-11)17(21)20-14-7-4-6-13-10-9-12(2)19-16(13)14/h3-10H,1-2H3,(H,20,21). The van der Waals surface area contributed by atoms with Crippen molar-refractivity contribution in [2.75, 3.05) is 5.32 Å². The summed E-state index contributed by atoms with van der Waals surface area (Å²) in [4.78, 5) is 21.0. The Kier molecular flexibility index (Phi) is 3.36. The number of aromatic nitrogens is 2. The molecule has 1 amide bonds. The molecule has 0 aliphatic heterocycles. The van der Waals surface area contributed by atoms with Crippen molar-refractivity contribution in [1.29, 1.82) is 0 Å². The predicted octanol–water partition coefficient (Wildman–Crippen LogP) is 3.50. The number of nitrogens with one attached hydrogen (secondary N) is 1. The van der Waals surface area contributed by atoms with Gasteiger partial charge in [0.25, 0.3) is 5.91 Å². The van der Waals surface area contributed by atoms with Crippen LogP contribution in [-0.4, -0.2) is 15.9 Å². The largest absolute Gasteiger partial charge is 0.319 e. The van der Waals surface area contributed by atoms with Gasteiger partial charge in [-0.3, -0.25) is 9.78 Å². The number of fused-ring (bicyclic) bond motifs is 1. The third kappa shape index (κ3) is 2.74. The number of hydrogen-bond acceptors (Lipinski definition) is 3. The lowest BCUT2D eigenvalue weighted by Gasteiger charge is -2.08. The minimum absolute atomic E-state index is 0.227. The van der Waals surface area contributed by atoms with E-state index >= 15 is 0 Å². The van der Waals surface area contributed by atoms with Gasteiger partial charge >= 0.3 is 0 Å². The number of pyridine rings is 2. The zero-order valence-corrected chi connectivity index (χ0v) is 11.9. The van der Waals surface area contributed by atoms with Crippen molar-refractivity contribution < 1.29 is 4.79 Å². The summed E-state index contributed by atoms with van der Waals surface area (Å²) >= 11 is 0. The van der Waals surface area contributed by atoms with E-state index in [2.05, 4.69) is 15.3 Å². The first kappa shape index (κ1) is 13.2. The first-order valence-electron chi connectivity index (χ1n) is 6.75. The molecular formula is C17H15N3O. The lowest BCUT2D eigenvalue weighted by molar-refractivity contribution is 0.102. The van der Waals surface area contributed by atoms with Crippen molar-refractivity contribution in [2.45, 2.75) is 13.8 Å². The van der Waals surface area contributed by atoms with Gasteiger partial charge < -0.3 is 5.32 Å². The molecule has 0 spiro atoms. The van der Waals surface area contributed by atoms with Crippen LogP contribution in [0.4, 0.5) is 5.69 Å². The second-order valence-electron chi connectivity index (χ2n) is 4.95. The van der Waals surface area contributed by atoms with Gasteiger partial charge in [-0.2, -0.15) is 0 Å². The summed E-state index contributed by atoms with van der Waals surface area (Å²) in [5.74, 6) is -0.227. The average molecular weight is 277 g/mol. The van der Waals surface area contributed by atoms with Crippen LogP contribution in [0, 0.1) is 13.8 Å². The van der Waals surface area contributed by atoms with E-state index in [9.17, 15) is 4.79 Å². The molecule has 0 saturated heterocycles. The van der Waals surface area contributed by atoms with Gasteiger partial charge in [-0.15, -0.1) is 0 Å². The van der Waals surface area contributed by atoms with Gasteiger partial charge in [-0.1, -0.05) is 24.3 Å². The maximum atomic E-state index is 12.3. The van der Waals surface area contributed by atoms with Gasteiger partial charge in [0.05, 0.1) is 11.2 Å². The van der Waals surface area contributed by atoms with E-state index in [1.54, 1.807) is 6.07 Å². The minimum atomic E-state index is -0.227. The number of anilines is 1. The zero-order valence-electron chi connectivity index (χ0n) is 11.9. The van der Waals surface area contributed by atoms with E-state index in [0.29, 0.717) is 11.4 Å². The Morgan fingerprint density at radius 2 is 1.67 bits per heavy atom. The van der Waals surface area contributed by atoms with E-state index in [4.69, 9.17) is 0 Å². The fourth-order valence-electron chi connectivity index (χ4n) is 2.20. The Bertz CT molecular complexity index is 827. The van der Waals surface area contributed by atoms with Crippen molar-refractivity contribution in [1.82, 2.24) is 9.97 Å². The van der Waals surface area contributed by atoms with Crippen molar-refractivity contribution >= 4 is 22.5 Å². The fraction of sp³-hybridized carbons (Fsp3) is 0.118. The molecule has 21 heavy (non-hydrogen) atoms. The molecule has 0 fully saturated rings. The summed E-state index contributed by atoms with van der Waals surface area (Å²) in [5.41, 5.74) is 3.62. The molecule has 0 aliphatic carbocycles. The van der Waals surface area contributed by atoms with Gasteiger partial charge in [0.15, 0.2) is 0 Å². The first-order chi connectivity index (χ1) is 10.1. The van der Waals surface area contributed by atoms with E-state index in [-0.39, 0.29) is 5.91 Å². The molecule has 0 aliphatic rings. The summed E-state index contributed by atoms with van der Waals surface area (Å²) in [6.07, 6.45) is 0. The average Bonchev–Trinajstić information content (AvgIpc) is 2.48. The Balaban J connectivity index is 1.98. The molecule has 0 radical (unpaired) electrons. The molecule has 0 unspecified atom stereocenters. The monoisotopic (exact) mass is 277 g/mol. The zero-order chi connectivity index (χ0) is 14.8. The lowest BCUT2D eigenvalue weighted by Crippen LogP contribution is -2.14. The Morgan fingerprint density at radius 1 is 0.905 bits per heavy atom. The maximum absolute atomic E-state index is 12.3. The van der Waals surface area contributed by atoms with Crippen LogP contribution in [0.3, 0.4) is 0 Å². The molecule has 4 nitrogen and oxygen atoms in total. The van der Waals surface area contributed by atoms with E-state index < -0.39 is 0 Å². The highest BCUT2D eigenvalue weighted by molar-refractivity contribution is 6.07. The normalized spacial score (nSPS) is 10.6. The molecule has 0 bridgehead atoms. The van der Waals surface area contributed by atoms with Crippen molar-refractivity contribution in [3.63, 3.8) is 0 Å². The summed E-state index contributed by atoms with van der Waals surface area (Å²) in [6.45, 7) is 3.79. The molecular weight excluding hydrogens is 262 g/mol. The third-order valence-electron chi connectivity index (χ3n) is 3.23. The molecule has 104 valence electrons. The van der Waals surface area contributed by atoms with Gasteiger partial charge in [0.1, 0.15) is 5.69 Å². The lowest BCUT2D eigenvalue weighted by atomic mass is 10.1. The number of hydrogen-bond donors (Lipinski definition) is 1. The third-order valence-corrected chi connectivity index (χ3v) is 3.23. The Hall–Kier alpha value is -2.75. The number of aryl methyl sites for hydroxylation is 2. The summed E-state index contributed by atoms with van der Waals surface area (Å²) in [5, 5.41) is 3.89. The number of amides is 1. The SMILES string of the molecule is Cc1cccc(C(=O)Nc2cccc3ccc(C)nc23)n1. The molecule has 0 atom stereocenters. The number of carbonyl (C=O) groups is 1. The number of para-hydroxylation sites is 1. The second kappa shape index (κ2) is 5.32. The molecule has 2 heterocycles. The molecule has 3 rings (SSSR count). The topological polar surface area (TPSA) is 54.9 Å². The van der Waals surface area contributed by atoms with Gasteiger partial charge in [0, 0.05) is 16.8 Å². The molecule has 1 N–H and O–H groups in total. The van der Waals surface area contributed by atoms with E-state index in [0.717, 1.165) is 22.3 Å². The molecule has 1 aromatic carbocycles. The van der Waals surface area contributed by atoms with Crippen LogP contribution in [0.1, 0.15) is 21.9 Å². The Labute approximate surface area is 122 Å². The maximum Gasteiger partial charge on any atom is 0.274 e. The van der Waals surface area contributed by atoms with Crippen LogP contribution in [0.25, 0.3) is 10.9 Å². The molecule has 3 aromatic rings. The highest BCUT2D eigenvalue weighted by Crippen LogP contribution is 2.22. The second-order valence-corrected chi connectivity index (χ2v) is 4.95. The molecule has 2 aromatic heterocycles. The number of rotatable bonds is 2. The quantitative estimate of drug-likeness (QED) is 0.780. The van der Waals surface area contributed by atoms with Crippen molar-refractivity contribution in [3.8, 4) is 0 Å². The van der Waals surface area contributed by atoms with Crippen LogP contribution >= 0.6 is 0 Å². The molecule has 4 heteroatoms. The number of nitrogens with zero attached hydrogens (tertiary/aromatic N) is 2. The molecule has 0 saturated carbocycles. The highest BCUT2D eigenvalue weighted by Gasteiger charge is 2.10. The van der Waals surface area contributed by atoms with Gasteiger partial charge in [-0.05, 0) is 38.1 Å². The van der Waals surface area contributed by atoms with Crippen LogP contribution < -0.4 is 5.32 Å². The minimum Gasteiger partial charge on any atom is -0.319 e. The van der Waals surface area contributed by atoms with Crippen molar-refractivity contribution in [2.24, 2.45) is 0 Å². The van der Waals surface area contributed by atoms with Crippen LogP contribution in [0.2, 0.25) is 0 Å². The van der Waals surface area contributed by atoms with Crippen molar-refractivity contribution in [3.05, 3.63) is 65.6 Å². The van der Waals surface area contributed by atoms with Crippen LogP contribution in [0.5, 0.6) is 0 Å². The summed E-state index contributed by atoms with van der Waals surface area (Å²) < 4.78 is 0. The summed E-state index contributed by atoms with van der Waals surface area (Å²) in [7, 11) is 0. The van der Waals surface area contributed by atoms with Gasteiger partial charge in [-0.25, -0.2) is 4.98 Å². The Morgan fingerprint density at radius 3 is 2.48 bits per heavy atom. The van der Waals surface area contributed by atoms with Crippen LogP contribution in [-0.2, 0) is 0 Å². The fourth-order valence-corrected chi connectivity index (χ4v) is 2.20. The van der Waals surface area contributed by atoms with Crippen LogP contribution in [0.15, 0.2) is 48.5 Å². The smallest absolute Gasteiger partial charge is 0.274 e. The van der Waals surface area contributed by atoms with Gasteiger partial charge in [0.2, 0.25) is 0 Å². The predicted molar refractivity (Wildman–Crippen MR) is 83.4 cm³/mol. The van der Waals surface area contributed by atoms with E-state index in [1.165, 1.54) is 0 Å².